The summed E-state index contributed by atoms with van der Waals surface area (Å²) in [5.74, 6) is -1.68. The molecule has 0 aliphatic carbocycles. The van der Waals surface area contributed by atoms with Gasteiger partial charge in [0.1, 0.15) is 0 Å². The van der Waals surface area contributed by atoms with Gasteiger partial charge in [-0.2, -0.15) is 0 Å². The smallest absolute Gasteiger partial charge is 0.303 e. The van der Waals surface area contributed by atoms with Crippen molar-refractivity contribution in [2.75, 3.05) is 0 Å². The van der Waals surface area contributed by atoms with E-state index in [2.05, 4.69) is 13.8 Å². The number of aliphatic carboxylic acids is 2. The summed E-state index contributed by atoms with van der Waals surface area (Å²) in [6.45, 7) is 4.17. The zero-order valence-corrected chi connectivity index (χ0v) is 11.7. The summed E-state index contributed by atoms with van der Waals surface area (Å²) in [5, 5.41) is 16.5. The molecule has 0 amide bonds. The van der Waals surface area contributed by atoms with Crippen LogP contribution in [0.3, 0.4) is 0 Å². The Balaban J connectivity index is 0. The Morgan fingerprint density at radius 2 is 1.33 bits per heavy atom. The molecule has 0 aromatic rings. The lowest BCUT2D eigenvalue weighted by atomic mass is 10.2. The van der Waals surface area contributed by atoms with Gasteiger partial charge in [0.05, 0.1) is 0 Å². The van der Waals surface area contributed by atoms with Gasteiger partial charge in [-0.25, -0.2) is 0 Å². The molecule has 0 saturated heterocycles. The van der Waals surface area contributed by atoms with Crippen LogP contribution in [-0.2, 0) is 9.59 Å². The van der Waals surface area contributed by atoms with E-state index in [0.717, 1.165) is 38.5 Å². The monoisotopic (exact) mass is 261 g/mol. The van der Waals surface area contributed by atoms with E-state index >= 15 is 0 Å². The molecule has 0 spiro atoms. The van der Waals surface area contributed by atoms with E-state index in [1.807, 2.05) is 0 Å². The Hall–Kier alpha value is -1.06. The first kappa shape index (κ1) is 16.9. The van der Waals surface area contributed by atoms with Crippen molar-refractivity contribution in [1.82, 2.24) is 0 Å². The lowest BCUT2D eigenvalue weighted by Crippen LogP contribution is -1.92. The number of hydrogen-bond donors (Lipinski definition) is 2. The molecule has 0 aliphatic rings. The fourth-order valence-electron chi connectivity index (χ4n) is 1.32. The van der Waals surface area contributed by atoms with Crippen LogP contribution >= 0.6 is 0 Å². The minimum absolute atomic E-state index is 0.333. The van der Waals surface area contributed by atoms with Crippen molar-refractivity contribution < 1.29 is 21.2 Å². The summed E-state index contributed by atoms with van der Waals surface area (Å²) < 4.78 is 7.01. The van der Waals surface area contributed by atoms with Crippen LogP contribution in [0.2, 0.25) is 0 Å². The summed E-state index contributed by atoms with van der Waals surface area (Å²) in [4.78, 5) is 20.1. The highest BCUT2D eigenvalue weighted by Gasteiger charge is 1.94. The van der Waals surface area contributed by atoms with Crippen molar-refractivity contribution in [3.8, 4) is 0 Å². The summed E-state index contributed by atoms with van der Waals surface area (Å²) in [7, 11) is 0. The first-order valence-electron chi connectivity index (χ1n) is 7.40. The Labute approximate surface area is 112 Å². The standard InChI is InChI=1S/2C7H14O2/c2*1-2-3-4-5-6-7(8)9/h2*2-6H2,1H3,(H,8,9)/i6D;. The fraction of sp³-hybridized carbons (Fsp3) is 0.857. The molecule has 0 heterocycles. The highest BCUT2D eigenvalue weighted by atomic mass is 16.4. The van der Waals surface area contributed by atoms with Gasteiger partial charge in [0, 0.05) is 14.2 Å². The topological polar surface area (TPSA) is 74.6 Å². The molecule has 4 heteroatoms. The maximum absolute atomic E-state index is 10.1. The largest absolute Gasteiger partial charge is 0.481 e. The van der Waals surface area contributed by atoms with E-state index in [9.17, 15) is 9.59 Å². The molecule has 1 unspecified atom stereocenters. The van der Waals surface area contributed by atoms with Crippen LogP contribution < -0.4 is 0 Å². The van der Waals surface area contributed by atoms with E-state index in [4.69, 9.17) is 11.6 Å². The fourth-order valence-corrected chi connectivity index (χ4v) is 1.32. The zero-order chi connectivity index (χ0) is 15.1. The predicted octanol–water partition coefficient (Wildman–Crippen LogP) is 4.08. The molecule has 0 bridgehead atoms. The van der Waals surface area contributed by atoms with Crippen molar-refractivity contribution in [2.45, 2.75) is 78.0 Å². The molecule has 0 aromatic carbocycles. The van der Waals surface area contributed by atoms with Crippen molar-refractivity contribution in [2.24, 2.45) is 0 Å². The van der Waals surface area contributed by atoms with Crippen LogP contribution in [0.1, 0.15) is 79.4 Å². The number of carboxylic acid groups (broad SMARTS) is 2. The van der Waals surface area contributed by atoms with E-state index < -0.39 is 18.3 Å². The molecule has 0 rings (SSSR count). The second-order valence-electron chi connectivity index (χ2n) is 4.24. The summed E-state index contributed by atoms with van der Waals surface area (Å²) >= 11 is 0. The van der Waals surface area contributed by atoms with Crippen LogP contribution in [0.4, 0.5) is 0 Å². The Morgan fingerprint density at radius 1 is 0.833 bits per heavy atom. The molecule has 0 fully saturated rings. The minimum Gasteiger partial charge on any atom is -0.481 e. The van der Waals surface area contributed by atoms with Gasteiger partial charge in [-0.1, -0.05) is 52.4 Å². The van der Waals surface area contributed by atoms with Gasteiger partial charge in [-0.15, -0.1) is 0 Å². The van der Waals surface area contributed by atoms with Gasteiger partial charge in [-0.3, -0.25) is 9.59 Å². The molecular formula is C14H28O4. The van der Waals surface area contributed by atoms with Crippen LogP contribution in [-0.4, -0.2) is 22.2 Å². The third kappa shape index (κ3) is 24.3. The number of carboxylic acids is 2. The van der Waals surface area contributed by atoms with Crippen molar-refractivity contribution in [3.63, 3.8) is 0 Å². The Morgan fingerprint density at radius 3 is 1.72 bits per heavy atom. The molecular weight excluding hydrogens is 232 g/mol. The third-order valence-corrected chi connectivity index (χ3v) is 2.37. The molecule has 0 aromatic heterocycles. The predicted molar refractivity (Wildman–Crippen MR) is 72.8 cm³/mol. The second-order valence-corrected chi connectivity index (χ2v) is 4.24. The average molecular weight is 261 g/mol. The first-order chi connectivity index (χ1) is 8.95. The van der Waals surface area contributed by atoms with Crippen molar-refractivity contribution in [1.29, 1.82) is 0 Å². The first-order valence-corrected chi connectivity index (χ1v) is 6.82. The maximum atomic E-state index is 10.1. The summed E-state index contributed by atoms with van der Waals surface area (Å²) in [5.41, 5.74) is 0. The second kappa shape index (κ2) is 15.9. The van der Waals surface area contributed by atoms with E-state index in [1.54, 1.807) is 0 Å². The van der Waals surface area contributed by atoms with Crippen molar-refractivity contribution in [3.05, 3.63) is 0 Å². The van der Waals surface area contributed by atoms with Gasteiger partial charge in [0.2, 0.25) is 0 Å². The number of carbonyl (C=O) groups is 2. The molecule has 0 radical (unpaired) electrons. The van der Waals surface area contributed by atoms with Crippen LogP contribution in [0, 0.1) is 0 Å². The van der Waals surface area contributed by atoms with Crippen LogP contribution in [0.15, 0.2) is 0 Å². The molecule has 0 aliphatic heterocycles. The van der Waals surface area contributed by atoms with Gasteiger partial charge in [0.25, 0.3) is 0 Å². The quantitative estimate of drug-likeness (QED) is 0.581. The maximum Gasteiger partial charge on any atom is 0.303 e. The van der Waals surface area contributed by atoms with Gasteiger partial charge in [0.15, 0.2) is 0 Å². The summed E-state index contributed by atoms with van der Waals surface area (Å²) in [6.07, 6.45) is 7.10. The minimum atomic E-state index is -1.00. The number of unbranched alkanes of at least 4 members (excludes halogenated alkanes) is 5. The zero-order valence-electron chi connectivity index (χ0n) is 12.7. The SMILES string of the molecule is CCCCCCC(=O)O.[2H]C(CCCCC)C(=O)O. The highest BCUT2D eigenvalue weighted by molar-refractivity contribution is 5.66. The lowest BCUT2D eigenvalue weighted by molar-refractivity contribution is -0.138. The Bertz CT molecular complexity index is 231. The van der Waals surface area contributed by atoms with Crippen LogP contribution in [0.5, 0.6) is 0 Å². The molecule has 0 saturated carbocycles. The lowest BCUT2D eigenvalue weighted by Gasteiger charge is -1.92. The molecule has 4 nitrogen and oxygen atoms in total. The van der Waals surface area contributed by atoms with Crippen molar-refractivity contribution >= 4 is 11.9 Å². The highest BCUT2D eigenvalue weighted by Crippen LogP contribution is 2.01. The number of hydrogen-bond acceptors (Lipinski definition) is 2. The van der Waals surface area contributed by atoms with Gasteiger partial charge < -0.3 is 10.2 Å². The normalized spacial score (nSPS) is 12.0. The van der Waals surface area contributed by atoms with E-state index in [1.165, 1.54) is 6.42 Å². The summed E-state index contributed by atoms with van der Waals surface area (Å²) in [6, 6.07) is 0. The molecule has 18 heavy (non-hydrogen) atoms. The Kier molecular flexibility index (Phi) is 15.0. The van der Waals surface area contributed by atoms with Gasteiger partial charge >= 0.3 is 11.9 Å². The number of rotatable bonds is 10. The van der Waals surface area contributed by atoms with Crippen LogP contribution in [0.25, 0.3) is 0 Å². The molecule has 1 atom stereocenters. The molecule has 108 valence electrons. The van der Waals surface area contributed by atoms with E-state index in [-0.39, 0.29) is 0 Å². The third-order valence-electron chi connectivity index (χ3n) is 2.37. The average Bonchev–Trinajstić information content (AvgIpc) is 2.35. The van der Waals surface area contributed by atoms with Gasteiger partial charge in [-0.05, 0) is 12.8 Å². The van der Waals surface area contributed by atoms with E-state index in [0.29, 0.717) is 12.8 Å². The molecule has 2 N–H and O–H groups in total.